The zero-order valence-electron chi connectivity index (χ0n) is 12.1. The first-order valence-electron chi connectivity index (χ1n) is 7.56. The van der Waals surface area contributed by atoms with E-state index in [-0.39, 0.29) is 11.9 Å². The van der Waals surface area contributed by atoms with Crippen molar-refractivity contribution in [2.75, 3.05) is 19.6 Å². The summed E-state index contributed by atoms with van der Waals surface area (Å²) in [6, 6.07) is 11.1. The Kier molecular flexibility index (Phi) is 4.68. The van der Waals surface area contributed by atoms with Gasteiger partial charge in [0.05, 0.1) is 12.3 Å². The van der Waals surface area contributed by atoms with Crippen molar-refractivity contribution in [3.05, 3.63) is 59.8 Å². The summed E-state index contributed by atoms with van der Waals surface area (Å²) in [6.07, 6.45) is 4.20. The smallest absolute Gasteiger partial charge is 0.127 e. The van der Waals surface area contributed by atoms with Gasteiger partial charge in [-0.05, 0) is 44.1 Å². The van der Waals surface area contributed by atoms with E-state index in [1.54, 1.807) is 12.3 Å². The lowest BCUT2D eigenvalue weighted by Gasteiger charge is -2.26. The van der Waals surface area contributed by atoms with Gasteiger partial charge in [-0.2, -0.15) is 0 Å². The lowest BCUT2D eigenvalue weighted by Crippen LogP contribution is -2.33. The molecule has 1 aromatic carbocycles. The Hall–Kier alpha value is -1.65. The van der Waals surface area contributed by atoms with Crippen LogP contribution in [0.1, 0.15) is 30.2 Å². The van der Waals surface area contributed by atoms with Crippen LogP contribution in [0.25, 0.3) is 0 Å². The van der Waals surface area contributed by atoms with Crippen molar-refractivity contribution in [3.8, 4) is 0 Å². The molecule has 1 fully saturated rings. The number of rotatable bonds is 6. The lowest BCUT2D eigenvalue weighted by atomic mass is 10.1. The van der Waals surface area contributed by atoms with Crippen LogP contribution in [-0.4, -0.2) is 24.5 Å². The Morgan fingerprint density at radius 3 is 2.67 bits per heavy atom. The summed E-state index contributed by atoms with van der Waals surface area (Å²) in [5.41, 5.74) is 0.706. The van der Waals surface area contributed by atoms with E-state index in [0.29, 0.717) is 12.1 Å². The Balaban J connectivity index is 1.61. The van der Waals surface area contributed by atoms with E-state index in [2.05, 4.69) is 10.2 Å². The maximum Gasteiger partial charge on any atom is 0.127 e. The molecule has 0 radical (unpaired) electrons. The molecule has 0 amide bonds. The number of halogens is 1. The first-order chi connectivity index (χ1) is 10.3. The van der Waals surface area contributed by atoms with Crippen LogP contribution in [0.3, 0.4) is 0 Å². The Bertz CT molecular complexity index is 550. The largest absolute Gasteiger partial charge is 0.468 e. The molecule has 1 atom stereocenters. The highest BCUT2D eigenvalue weighted by atomic mass is 19.1. The van der Waals surface area contributed by atoms with Crippen LogP contribution in [0.15, 0.2) is 47.1 Å². The highest BCUT2D eigenvalue weighted by molar-refractivity contribution is 5.17. The van der Waals surface area contributed by atoms with Gasteiger partial charge in [-0.15, -0.1) is 0 Å². The molecular weight excluding hydrogens is 267 g/mol. The van der Waals surface area contributed by atoms with Crippen LogP contribution >= 0.6 is 0 Å². The highest BCUT2D eigenvalue weighted by Crippen LogP contribution is 2.25. The van der Waals surface area contributed by atoms with Crippen molar-refractivity contribution in [2.24, 2.45) is 0 Å². The first-order valence-corrected chi connectivity index (χ1v) is 7.56. The molecule has 3 nitrogen and oxygen atoms in total. The number of hydrogen-bond acceptors (Lipinski definition) is 3. The molecule has 0 aliphatic carbocycles. The standard InChI is InChI=1S/C17H21FN2O/c18-15-7-2-1-6-14(15)12-19-13-16(17-8-5-11-21-17)20-9-3-4-10-20/h1-2,5-8,11,16,19H,3-4,9-10,12-13H2. The molecule has 1 aliphatic rings. The van der Waals surface area contributed by atoms with Gasteiger partial charge in [-0.1, -0.05) is 18.2 Å². The van der Waals surface area contributed by atoms with E-state index >= 15 is 0 Å². The van der Waals surface area contributed by atoms with Gasteiger partial charge in [0.15, 0.2) is 0 Å². The van der Waals surface area contributed by atoms with Gasteiger partial charge in [0.2, 0.25) is 0 Å². The SMILES string of the molecule is Fc1ccccc1CNCC(c1ccco1)N1CCCC1. The van der Waals surface area contributed by atoms with Crippen molar-refractivity contribution in [1.29, 1.82) is 0 Å². The van der Waals surface area contributed by atoms with Crippen LogP contribution < -0.4 is 5.32 Å². The Labute approximate surface area is 124 Å². The highest BCUT2D eigenvalue weighted by Gasteiger charge is 2.25. The molecule has 2 heterocycles. The minimum Gasteiger partial charge on any atom is -0.468 e. The second-order valence-corrected chi connectivity index (χ2v) is 5.50. The molecule has 21 heavy (non-hydrogen) atoms. The summed E-state index contributed by atoms with van der Waals surface area (Å²) in [6.45, 7) is 3.51. The zero-order chi connectivity index (χ0) is 14.5. The molecule has 2 aromatic rings. The van der Waals surface area contributed by atoms with Crippen molar-refractivity contribution in [2.45, 2.75) is 25.4 Å². The molecule has 4 heteroatoms. The molecule has 1 aliphatic heterocycles. The number of likely N-dealkylation sites (tertiary alicyclic amines) is 1. The average molecular weight is 288 g/mol. The summed E-state index contributed by atoms with van der Waals surface area (Å²) in [5.74, 6) is 0.832. The fourth-order valence-electron chi connectivity index (χ4n) is 2.93. The molecule has 112 valence electrons. The van der Waals surface area contributed by atoms with E-state index in [1.807, 2.05) is 24.3 Å². The fraction of sp³-hybridized carbons (Fsp3) is 0.412. The minimum atomic E-state index is -0.152. The molecule has 3 rings (SSSR count). The van der Waals surface area contributed by atoms with Gasteiger partial charge in [0, 0.05) is 18.7 Å². The summed E-state index contributed by atoms with van der Waals surface area (Å²) < 4.78 is 19.2. The maximum atomic E-state index is 13.6. The van der Waals surface area contributed by atoms with Crippen molar-refractivity contribution in [1.82, 2.24) is 10.2 Å². The summed E-state index contributed by atoms with van der Waals surface area (Å²) in [5, 5.41) is 3.37. The van der Waals surface area contributed by atoms with E-state index in [4.69, 9.17) is 4.42 Å². The maximum absolute atomic E-state index is 13.6. The van der Waals surface area contributed by atoms with E-state index in [9.17, 15) is 4.39 Å². The monoisotopic (exact) mass is 288 g/mol. The quantitative estimate of drug-likeness (QED) is 0.883. The minimum absolute atomic E-state index is 0.152. The van der Waals surface area contributed by atoms with Gasteiger partial charge >= 0.3 is 0 Å². The molecule has 0 bridgehead atoms. The third-order valence-electron chi connectivity index (χ3n) is 4.06. The topological polar surface area (TPSA) is 28.4 Å². The molecule has 1 aromatic heterocycles. The van der Waals surface area contributed by atoms with E-state index < -0.39 is 0 Å². The number of hydrogen-bond donors (Lipinski definition) is 1. The molecule has 1 N–H and O–H groups in total. The van der Waals surface area contributed by atoms with E-state index in [0.717, 1.165) is 25.4 Å². The van der Waals surface area contributed by atoms with Crippen LogP contribution in [0.2, 0.25) is 0 Å². The number of furan rings is 1. The Morgan fingerprint density at radius 2 is 1.95 bits per heavy atom. The van der Waals surface area contributed by atoms with E-state index in [1.165, 1.54) is 18.9 Å². The van der Waals surface area contributed by atoms with Gasteiger partial charge in [-0.25, -0.2) is 4.39 Å². The normalized spacial score (nSPS) is 17.2. The first kappa shape index (κ1) is 14.3. The predicted octanol–water partition coefficient (Wildman–Crippen LogP) is 3.35. The van der Waals surface area contributed by atoms with Crippen molar-refractivity contribution >= 4 is 0 Å². The third kappa shape index (κ3) is 3.52. The lowest BCUT2D eigenvalue weighted by molar-refractivity contribution is 0.209. The van der Waals surface area contributed by atoms with Crippen LogP contribution in [0, 0.1) is 5.82 Å². The zero-order valence-corrected chi connectivity index (χ0v) is 12.1. The van der Waals surface area contributed by atoms with Crippen LogP contribution in [0.4, 0.5) is 4.39 Å². The molecule has 0 spiro atoms. The van der Waals surface area contributed by atoms with Crippen LogP contribution in [-0.2, 0) is 6.54 Å². The summed E-state index contributed by atoms with van der Waals surface area (Å²) in [7, 11) is 0. The number of nitrogens with one attached hydrogen (secondary N) is 1. The second kappa shape index (κ2) is 6.87. The van der Waals surface area contributed by atoms with Gasteiger partial charge in [-0.3, -0.25) is 4.90 Å². The van der Waals surface area contributed by atoms with Crippen molar-refractivity contribution < 1.29 is 8.81 Å². The third-order valence-corrected chi connectivity index (χ3v) is 4.06. The Morgan fingerprint density at radius 1 is 1.14 bits per heavy atom. The van der Waals surface area contributed by atoms with Gasteiger partial charge in [0.1, 0.15) is 11.6 Å². The summed E-state index contributed by atoms with van der Waals surface area (Å²) in [4.78, 5) is 2.44. The number of nitrogens with zero attached hydrogens (tertiary/aromatic N) is 1. The summed E-state index contributed by atoms with van der Waals surface area (Å²) >= 11 is 0. The van der Waals surface area contributed by atoms with Crippen LogP contribution in [0.5, 0.6) is 0 Å². The molecule has 1 saturated heterocycles. The number of benzene rings is 1. The average Bonchev–Trinajstić information content (AvgIpc) is 3.19. The fourth-order valence-corrected chi connectivity index (χ4v) is 2.93. The molecule has 0 saturated carbocycles. The molecular formula is C17H21FN2O. The predicted molar refractivity (Wildman–Crippen MR) is 80.4 cm³/mol. The van der Waals surface area contributed by atoms with Crippen molar-refractivity contribution in [3.63, 3.8) is 0 Å². The van der Waals surface area contributed by atoms with Gasteiger partial charge < -0.3 is 9.73 Å². The molecule has 1 unspecified atom stereocenters. The second-order valence-electron chi connectivity index (χ2n) is 5.50. The van der Waals surface area contributed by atoms with Gasteiger partial charge in [0.25, 0.3) is 0 Å².